The lowest BCUT2D eigenvalue weighted by Gasteiger charge is -2.20. The number of rotatable bonds is 2. The van der Waals surface area contributed by atoms with Gasteiger partial charge in [0.2, 0.25) is 14.2 Å². The van der Waals surface area contributed by atoms with Crippen molar-refractivity contribution in [1.82, 2.24) is 0 Å². The lowest BCUT2D eigenvalue weighted by Crippen LogP contribution is -2.31. The topological polar surface area (TPSA) is 43.4 Å². The summed E-state index contributed by atoms with van der Waals surface area (Å²) in [5, 5.41) is 0. The molecule has 0 aromatic heterocycles. The summed E-state index contributed by atoms with van der Waals surface area (Å²) < 4.78 is 64.7. The summed E-state index contributed by atoms with van der Waals surface area (Å²) in [6.07, 6.45) is -3.91. The van der Waals surface area contributed by atoms with Crippen molar-refractivity contribution in [1.29, 1.82) is 0 Å². The van der Waals surface area contributed by atoms with Crippen molar-refractivity contribution in [2.24, 2.45) is 0 Å². The Balaban J connectivity index is 2.37. The number of hydrogen-bond donors (Lipinski definition) is 0. The van der Waals surface area contributed by atoms with Gasteiger partial charge in [0.15, 0.2) is 0 Å². The number of halogens is 4. The van der Waals surface area contributed by atoms with Gasteiger partial charge in [-0.15, -0.1) is 0 Å². The van der Waals surface area contributed by atoms with Crippen LogP contribution in [0.1, 0.15) is 18.4 Å². The molecule has 0 spiro atoms. The van der Waals surface area contributed by atoms with Crippen LogP contribution in [-0.2, 0) is 20.8 Å². The molecular formula is C11H10ClF3O3S. The van der Waals surface area contributed by atoms with E-state index in [9.17, 15) is 21.6 Å². The molecule has 1 saturated heterocycles. The third-order valence-electron chi connectivity index (χ3n) is 2.83. The third-order valence-corrected chi connectivity index (χ3v) is 5.76. The van der Waals surface area contributed by atoms with Gasteiger partial charge in [0, 0.05) is 6.42 Å². The van der Waals surface area contributed by atoms with Gasteiger partial charge in [-0.05, 0) is 30.7 Å². The van der Waals surface area contributed by atoms with Gasteiger partial charge in [-0.2, -0.15) is 13.2 Å². The van der Waals surface area contributed by atoms with Gasteiger partial charge in [-0.1, -0.05) is 11.6 Å². The zero-order chi connectivity index (χ0) is 14.3. The van der Waals surface area contributed by atoms with Crippen molar-refractivity contribution in [2.75, 3.05) is 6.61 Å². The van der Waals surface area contributed by atoms with E-state index < -0.39 is 26.0 Å². The number of sulfone groups is 1. The van der Waals surface area contributed by atoms with Crippen LogP contribution in [0, 0.1) is 0 Å². The second kappa shape index (κ2) is 4.64. The highest BCUT2D eigenvalue weighted by Gasteiger charge is 2.47. The van der Waals surface area contributed by atoms with Gasteiger partial charge in [0.25, 0.3) is 0 Å². The first-order valence-corrected chi connectivity index (χ1v) is 7.28. The van der Waals surface area contributed by atoms with Crippen LogP contribution in [0.5, 0.6) is 0 Å². The van der Waals surface area contributed by atoms with Crippen molar-refractivity contribution < 1.29 is 26.3 Å². The van der Waals surface area contributed by atoms with Crippen LogP contribution in [-0.4, -0.2) is 19.4 Å². The van der Waals surface area contributed by atoms with Crippen molar-refractivity contribution in [3.63, 3.8) is 0 Å². The minimum absolute atomic E-state index is 0.109. The average Bonchev–Trinajstić information content (AvgIpc) is 2.77. The van der Waals surface area contributed by atoms with Gasteiger partial charge in [0.1, 0.15) is 0 Å². The molecule has 0 N–H and O–H groups in total. The maximum atomic E-state index is 12.4. The first-order chi connectivity index (χ1) is 8.67. The Bertz CT molecular complexity index is 560. The van der Waals surface area contributed by atoms with Gasteiger partial charge < -0.3 is 4.74 Å². The second-order valence-corrected chi connectivity index (χ2v) is 7.11. The smallest absolute Gasteiger partial charge is 0.346 e. The van der Waals surface area contributed by atoms with E-state index in [2.05, 4.69) is 0 Å². The Labute approximate surface area is 113 Å². The number of benzene rings is 1. The highest BCUT2D eigenvalue weighted by molar-refractivity contribution is 7.94. The Kier molecular flexibility index (Phi) is 3.57. The van der Waals surface area contributed by atoms with E-state index >= 15 is 0 Å². The second-order valence-electron chi connectivity index (χ2n) is 4.14. The van der Waals surface area contributed by atoms with E-state index in [1.54, 1.807) is 0 Å². The third kappa shape index (κ3) is 2.59. The van der Waals surface area contributed by atoms with E-state index in [1.807, 2.05) is 0 Å². The molecule has 1 aliphatic heterocycles. The molecule has 1 unspecified atom stereocenters. The molecule has 0 aliphatic carbocycles. The fourth-order valence-electron chi connectivity index (χ4n) is 1.79. The van der Waals surface area contributed by atoms with Crippen LogP contribution in [0.2, 0.25) is 0 Å². The van der Waals surface area contributed by atoms with Crippen LogP contribution >= 0.6 is 11.6 Å². The quantitative estimate of drug-likeness (QED) is 0.787. The Morgan fingerprint density at radius 3 is 2.21 bits per heavy atom. The molecule has 0 saturated carbocycles. The van der Waals surface area contributed by atoms with E-state index in [0.717, 1.165) is 12.1 Å². The summed E-state index contributed by atoms with van der Waals surface area (Å²) in [7, 11) is -4.02. The summed E-state index contributed by atoms with van der Waals surface area (Å²) in [5.74, 6) is 0. The van der Waals surface area contributed by atoms with Gasteiger partial charge >= 0.3 is 6.18 Å². The molecule has 106 valence electrons. The van der Waals surface area contributed by atoms with Crippen LogP contribution in [0.4, 0.5) is 13.2 Å². The standard InChI is InChI=1S/C11H10ClF3O3S/c12-10(6-1-7-18-10)19(16,17)9-4-2-8(3-5-9)11(13,14)15/h2-5H,1,6-7H2. The highest BCUT2D eigenvalue weighted by Crippen LogP contribution is 2.40. The van der Waals surface area contributed by atoms with Crippen LogP contribution in [0.3, 0.4) is 0 Å². The predicted molar refractivity (Wildman–Crippen MR) is 62.4 cm³/mol. The zero-order valence-corrected chi connectivity index (χ0v) is 11.1. The van der Waals surface area contributed by atoms with Gasteiger partial charge in [0.05, 0.1) is 17.1 Å². The van der Waals surface area contributed by atoms with E-state index in [1.165, 1.54) is 0 Å². The largest absolute Gasteiger partial charge is 0.416 e. The van der Waals surface area contributed by atoms with E-state index in [-0.39, 0.29) is 17.9 Å². The van der Waals surface area contributed by atoms with Gasteiger partial charge in [-0.25, -0.2) is 8.42 Å². The lowest BCUT2D eigenvalue weighted by molar-refractivity contribution is -0.137. The van der Waals surface area contributed by atoms with Crippen molar-refractivity contribution in [3.05, 3.63) is 29.8 Å². The summed E-state index contributed by atoms with van der Waals surface area (Å²) >= 11 is 5.89. The fourth-order valence-corrected chi connectivity index (χ4v) is 3.77. The average molecular weight is 315 g/mol. The summed E-state index contributed by atoms with van der Waals surface area (Å²) in [6, 6.07) is 3.21. The minimum atomic E-state index is -4.51. The summed E-state index contributed by atoms with van der Waals surface area (Å²) in [6.45, 7) is 0.212. The van der Waals surface area contributed by atoms with Gasteiger partial charge in [-0.3, -0.25) is 0 Å². The molecule has 8 heteroatoms. The van der Waals surface area contributed by atoms with Crippen LogP contribution < -0.4 is 0 Å². The molecule has 1 heterocycles. The predicted octanol–water partition coefficient (Wildman–Crippen LogP) is 3.18. The Morgan fingerprint density at radius 2 is 1.79 bits per heavy atom. The Hall–Kier alpha value is -0.790. The molecule has 1 aliphatic rings. The molecule has 0 amide bonds. The SMILES string of the molecule is O=S(=O)(c1ccc(C(F)(F)F)cc1)C1(Cl)CCCO1. The van der Waals surface area contributed by atoms with Crippen LogP contribution in [0.25, 0.3) is 0 Å². The molecule has 0 bridgehead atoms. The van der Waals surface area contributed by atoms with E-state index in [0.29, 0.717) is 18.6 Å². The molecular weight excluding hydrogens is 305 g/mol. The maximum Gasteiger partial charge on any atom is 0.416 e. The first kappa shape index (κ1) is 14.6. The first-order valence-electron chi connectivity index (χ1n) is 5.42. The van der Waals surface area contributed by atoms with Crippen LogP contribution in [0.15, 0.2) is 29.2 Å². The molecule has 3 nitrogen and oxygen atoms in total. The summed E-state index contributed by atoms with van der Waals surface area (Å²) in [5.41, 5.74) is -0.914. The normalized spacial score (nSPS) is 24.6. The van der Waals surface area contributed by atoms with Crippen molar-refractivity contribution in [2.45, 2.75) is 28.3 Å². The number of hydrogen-bond acceptors (Lipinski definition) is 3. The van der Waals surface area contributed by atoms with Crippen molar-refractivity contribution >= 4 is 21.4 Å². The molecule has 1 fully saturated rings. The fraction of sp³-hybridized carbons (Fsp3) is 0.455. The lowest BCUT2D eigenvalue weighted by atomic mass is 10.2. The van der Waals surface area contributed by atoms with E-state index in [4.69, 9.17) is 16.3 Å². The summed E-state index contributed by atoms with van der Waals surface area (Å²) in [4.78, 5) is -0.280. The monoisotopic (exact) mass is 314 g/mol. The minimum Gasteiger partial charge on any atom is -0.346 e. The zero-order valence-electron chi connectivity index (χ0n) is 9.58. The number of ether oxygens (including phenoxy) is 1. The maximum absolute atomic E-state index is 12.4. The van der Waals surface area contributed by atoms with Crippen molar-refractivity contribution in [3.8, 4) is 0 Å². The molecule has 0 radical (unpaired) electrons. The molecule has 1 aromatic carbocycles. The highest BCUT2D eigenvalue weighted by atomic mass is 35.5. The number of alkyl halides is 4. The molecule has 2 rings (SSSR count). The molecule has 19 heavy (non-hydrogen) atoms. The Morgan fingerprint density at radius 1 is 1.21 bits per heavy atom. The molecule has 1 aromatic rings. The molecule has 1 atom stereocenters.